The number of aliphatic hydroxyl groups is 1. The minimum atomic E-state index is -3.73. The number of aliphatic hydroxyl groups excluding tert-OH is 1. The van der Waals surface area contributed by atoms with Crippen molar-refractivity contribution in [1.29, 1.82) is 0 Å². The fraction of sp³-hybridized carbons (Fsp3) is 0.357. The first-order valence-electron chi connectivity index (χ1n) is 6.84. The summed E-state index contributed by atoms with van der Waals surface area (Å²) in [5, 5.41) is 14.8. The number of aromatic nitrogens is 2. The fourth-order valence-electron chi connectivity index (χ4n) is 2.80. The van der Waals surface area contributed by atoms with Crippen molar-refractivity contribution in [3.63, 3.8) is 0 Å². The van der Waals surface area contributed by atoms with Gasteiger partial charge >= 0.3 is 0 Å². The highest BCUT2D eigenvalue weighted by molar-refractivity contribution is 7.89. The Morgan fingerprint density at radius 2 is 1.95 bits per heavy atom. The molecule has 1 saturated heterocycles. The van der Waals surface area contributed by atoms with Gasteiger partial charge in [0.2, 0.25) is 0 Å². The zero-order valence-electron chi connectivity index (χ0n) is 11.9. The number of benzene rings is 1. The van der Waals surface area contributed by atoms with E-state index in [2.05, 4.69) is 5.10 Å². The summed E-state index contributed by atoms with van der Waals surface area (Å²) in [6.07, 6.45) is 1.09. The summed E-state index contributed by atoms with van der Waals surface area (Å²) >= 11 is 5.88. The molecule has 0 amide bonds. The number of sulfonamides is 1. The standard InChI is InChI=1S/C14H16ClN3O3S/c1-17-13(6-8-16-17)22(20,21)18-9-7-12(19)14(18)10-2-4-11(15)5-3-10/h2-6,8,12,14,19H,7,9H2,1H3/t12-,14-/m1/s1. The Hall–Kier alpha value is -1.41. The van der Waals surface area contributed by atoms with Crippen LogP contribution in [0.25, 0.3) is 0 Å². The molecule has 0 radical (unpaired) electrons. The van der Waals surface area contributed by atoms with Gasteiger partial charge in [0.25, 0.3) is 10.0 Å². The molecule has 118 valence electrons. The third-order valence-electron chi connectivity index (χ3n) is 3.88. The summed E-state index contributed by atoms with van der Waals surface area (Å²) in [6.45, 7) is 0.266. The molecule has 1 N–H and O–H groups in total. The predicted octanol–water partition coefficient (Wildman–Crippen LogP) is 1.57. The average molecular weight is 342 g/mol. The third-order valence-corrected chi connectivity index (χ3v) is 6.09. The maximum atomic E-state index is 12.8. The molecule has 1 aliphatic rings. The number of hydrogen-bond acceptors (Lipinski definition) is 4. The van der Waals surface area contributed by atoms with E-state index in [-0.39, 0.29) is 11.6 Å². The molecule has 8 heteroatoms. The Morgan fingerprint density at radius 3 is 2.55 bits per heavy atom. The molecule has 0 saturated carbocycles. The summed E-state index contributed by atoms with van der Waals surface area (Å²) in [7, 11) is -2.15. The van der Waals surface area contributed by atoms with Gasteiger partial charge in [0, 0.05) is 18.6 Å². The van der Waals surface area contributed by atoms with E-state index in [1.54, 1.807) is 31.3 Å². The second-order valence-electron chi connectivity index (χ2n) is 5.26. The van der Waals surface area contributed by atoms with Gasteiger partial charge < -0.3 is 5.11 Å². The van der Waals surface area contributed by atoms with E-state index in [9.17, 15) is 13.5 Å². The van der Waals surface area contributed by atoms with Gasteiger partial charge in [0.1, 0.15) is 0 Å². The molecule has 1 aliphatic heterocycles. The largest absolute Gasteiger partial charge is 0.391 e. The van der Waals surface area contributed by atoms with Crippen LogP contribution < -0.4 is 0 Å². The van der Waals surface area contributed by atoms with Gasteiger partial charge in [-0.1, -0.05) is 23.7 Å². The lowest BCUT2D eigenvalue weighted by Crippen LogP contribution is -2.34. The van der Waals surface area contributed by atoms with Crippen molar-refractivity contribution in [2.75, 3.05) is 6.54 Å². The molecule has 0 spiro atoms. The zero-order chi connectivity index (χ0) is 15.9. The van der Waals surface area contributed by atoms with Crippen molar-refractivity contribution < 1.29 is 13.5 Å². The topological polar surface area (TPSA) is 75.4 Å². The molecule has 2 aromatic rings. The van der Waals surface area contributed by atoms with Crippen LogP contribution in [0.4, 0.5) is 0 Å². The van der Waals surface area contributed by atoms with Crippen LogP contribution in [0.15, 0.2) is 41.6 Å². The Morgan fingerprint density at radius 1 is 1.27 bits per heavy atom. The second kappa shape index (κ2) is 5.66. The summed E-state index contributed by atoms with van der Waals surface area (Å²) in [4.78, 5) is 0. The first kappa shape index (κ1) is 15.5. The van der Waals surface area contributed by atoms with Crippen molar-refractivity contribution in [2.45, 2.75) is 23.6 Å². The quantitative estimate of drug-likeness (QED) is 0.919. The third kappa shape index (κ3) is 2.54. The molecule has 6 nitrogen and oxygen atoms in total. The number of nitrogens with zero attached hydrogens (tertiary/aromatic N) is 3. The number of aryl methyl sites for hydroxylation is 1. The van der Waals surface area contributed by atoms with Gasteiger partial charge in [-0.3, -0.25) is 4.68 Å². The van der Waals surface area contributed by atoms with Gasteiger partial charge in [-0.25, -0.2) is 8.42 Å². The van der Waals surface area contributed by atoms with Gasteiger partial charge in [0.15, 0.2) is 5.03 Å². The monoisotopic (exact) mass is 341 g/mol. The van der Waals surface area contributed by atoms with Crippen LogP contribution in [0.3, 0.4) is 0 Å². The van der Waals surface area contributed by atoms with Gasteiger partial charge in [-0.05, 0) is 30.2 Å². The molecule has 22 heavy (non-hydrogen) atoms. The fourth-order valence-corrected chi connectivity index (χ4v) is 4.69. The van der Waals surface area contributed by atoms with Crippen molar-refractivity contribution in [3.05, 3.63) is 47.1 Å². The first-order valence-corrected chi connectivity index (χ1v) is 8.66. The Kier molecular flexibility index (Phi) is 3.98. The van der Waals surface area contributed by atoms with Gasteiger partial charge in [0.05, 0.1) is 18.3 Å². The lowest BCUT2D eigenvalue weighted by Gasteiger charge is -2.26. The van der Waals surface area contributed by atoms with Crippen molar-refractivity contribution in [2.24, 2.45) is 7.05 Å². The van der Waals surface area contributed by atoms with E-state index in [4.69, 9.17) is 11.6 Å². The molecule has 2 atom stereocenters. The van der Waals surface area contributed by atoms with Crippen molar-refractivity contribution >= 4 is 21.6 Å². The minimum Gasteiger partial charge on any atom is -0.391 e. The lowest BCUT2D eigenvalue weighted by molar-refractivity contribution is 0.142. The highest BCUT2D eigenvalue weighted by atomic mass is 35.5. The molecule has 1 fully saturated rings. The maximum Gasteiger partial charge on any atom is 0.260 e. The van der Waals surface area contributed by atoms with Crippen LogP contribution in [0, 0.1) is 0 Å². The van der Waals surface area contributed by atoms with E-state index in [0.717, 1.165) is 5.56 Å². The van der Waals surface area contributed by atoms with E-state index >= 15 is 0 Å². The highest BCUT2D eigenvalue weighted by Crippen LogP contribution is 2.37. The molecular weight excluding hydrogens is 326 g/mol. The Labute approximate surface area is 134 Å². The lowest BCUT2D eigenvalue weighted by atomic mass is 10.0. The Bertz CT molecular complexity index is 773. The number of hydrogen-bond donors (Lipinski definition) is 1. The molecule has 2 heterocycles. The molecule has 1 aromatic heterocycles. The summed E-state index contributed by atoms with van der Waals surface area (Å²) < 4.78 is 28.3. The van der Waals surface area contributed by atoms with E-state index in [0.29, 0.717) is 11.4 Å². The molecule has 0 aliphatic carbocycles. The van der Waals surface area contributed by atoms with Crippen molar-refractivity contribution in [1.82, 2.24) is 14.1 Å². The smallest absolute Gasteiger partial charge is 0.260 e. The summed E-state index contributed by atoms with van der Waals surface area (Å²) in [5.74, 6) is 0. The summed E-state index contributed by atoms with van der Waals surface area (Å²) in [6, 6.07) is 7.71. The molecule has 0 unspecified atom stereocenters. The highest BCUT2D eigenvalue weighted by Gasteiger charge is 2.42. The van der Waals surface area contributed by atoms with E-state index in [1.807, 2.05) is 0 Å². The number of halogens is 1. The van der Waals surface area contributed by atoms with Crippen LogP contribution in [-0.4, -0.2) is 40.3 Å². The molecule has 1 aromatic carbocycles. The zero-order valence-corrected chi connectivity index (χ0v) is 13.5. The number of rotatable bonds is 3. The minimum absolute atomic E-state index is 0.112. The molecule has 3 rings (SSSR count). The molecular formula is C14H16ClN3O3S. The SMILES string of the molecule is Cn1nccc1S(=O)(=O)N1CC[C@@H](O)[C@H]1c1ccc(Cl)cc1. The normalized spacial score (nSPS) is 23.0. The van der Waals surface area contributed by atoms with E-state index in [1.165, 1.54) is 21.3 Å². The van der Waals surface area contributed by atoms with Crippen LogP contribution in [0.5, 0.6) is 0 Å². The summed E-state index contributed by atoms with van der Waals surface area (Å²) in [5.41, 5.74) is 0.722. The van der Waals surface area contributed by atoms with Gasteiger partial charge in [-0.2, -0.15) is 9.40 Å². The van der Waals surface area contributed by atoms with E-state index < -0.39 is 22.2 Å². The first-order chi connectivity index (χ1) is 10.4. The van der Waals surface area contributed by atoms with Crippen molar-refractivity contribution in [3.8, 4) is 0 Å². The molecule has 0 bridgehead atoms. The van der Waals surface area contributed by atoms with Crippen LogP contribution in [0.2, 0.25) is 5.02 Å². The van der Waals surface area contributed by atoms with Gasteiger partial charge in [-0.15, -0.1) is 0 Å². The maximum absolute atomic E-state index is 12.8. The van der Waals surface area contributed by atoms with Crippen LogP contribution in [0.1, 0.15) is 18.0 Å². The average Bonchev–Trinajstić information content (AvgIpc) is 3.06. The Balaban J connectivity index is 2.02. The predicted molar refractivity (Wildman–Crippen MR) is 81.9 cm³/mol. The van der Waals surface area contributed by atoms with Crippen LogP contribution in [-0.2, 0) is 17.1 Å². The van der Waals surface area contributed by atoms with Crippen LogP contribution >= 0.6 is 11.6 Å². The second-order valence-corrected chi connectivity index (χ2v) is 7.54.